The van der Waals surface area contributed by atoms with E-state index in [2.05, 4.69) is 0 Å². The third-order valence-electron chi connectivity index (χ3n) is 3.82. The second kappa shape index (κ2) is 6.52. The van der Waals surface area contributed by atoms with E-state index in [0.29, 0.717) is 18.4 Å². The normalized spacial score (nSPS) is 25.4. The van der Waals surface area contributed by atoms with Crippen LogP contribution in [0.5, 0.6) is 0 Å². The molecule has 0 amide bonds. The van der Waals surface area contributed by atoms with Crippen LogP contribution in [0.4, 0.5) is 0 Å². The summed E-state index contributed by atoms with van der Waals surface area (Å²) < 4.78 is 5.42. The summed E-state index contributed by atoms with van der Waals surface area (Å²) >= 11 is 0. The third-order valence-corrected chi connectivity index (χ3v) is 3.82. The molecule has 1 saturated carbocycles. The Kier molecular flexibility index (Phi) is 4.74. The van der Waals surface area contributed by atoms with Crippen LogP contribution in [-0.4, -0.2) is 34.9 Å². The first-order valence-electron chi connectivity index (χ1n) is 6.70. The van der Waals surface area contributed by atoms with Gasteiger partial charge in [0, 0.05) is 18.9 Å². The monoisotopic (exact) mass is 278 g/mol. The lowest BCUT2D eigenvalue weighted by atomic mass is 9.92. The predicted molar refractivity (Wildman–Crippen MR) is 71.2 cm³/mol. The van der Waals surface area contributed by atoms with Crippen LogP contribution in [0.15, 0.2) is 30.3 Å². The van der Waals surface area contributed by atoms with Gasteiger partial charge in [0.05, 0.1) is 5.56 Å². The molecule has 0 saturated heterocycles. The Morgan fingerprint density at radius 2 is 1.90 bits per heavy atom. The maximum absolute atomic E-state index is 12.0. The number of aliphatic hydroxyl groups excluding tert-OH is 1. The molecule has 0 aliphatic heterocycles. The van der Waals surface area contributed by atoms with Crippen molar-refractivity contribution in [3.63, 3.8) is 0 Å². The maximum Gasteiger partial charge on any atom is 0.338 e. The Labute approximate surface area is 117 Å². The third kappa shape index (κ3) is 3.36. The van der Waals surface area contributed by atoms with Gasteiger partial charge in [-0.2, -0.15) is 0 Å². The van der Waals surface area contributed by atoms with Gasteiger partial charge in [-0.3, -0.25) is 4.79 Å². The lowest BCUT2D eigenvalue weighted by molar-refractivity contribution is -0.138. The molecule has 0 aromatic heterocycles. The van der Waals surface area contributed by atoms with E-state index in [9.17, 15) is 14.7 Å². The molecule has 0 bridgehead atoms. The largest absolute Gasteiger partial charge is 0.481 e. The molecule has 108 valence electrons. The fraction of sp³-hybridized carbons (Fsp3) is 0.467. The van der Waals surface area contributed by atoms with E-state index in [0.717, 1.165) is 0 Å². The number of benzene rings is 1. The zero-order valence-electron chi connectivity index (χ0n) is 11.1. The van der Waals surface area contributed by atoms with Gasteiger partial charge in [0.1, 0.15) is 6.10 Å². The van der Waals surface area contributed by atoms with Gasteiger partial charge < -0.3 is 14.9 Å². The number of carbonyl (C=O) groups excluding carboxylic acids is 1. The fourth-order valence-electron chi connectivity index (χ4n) is 2.78. The molecule has 20 heavy (non-hydrogen) atoms. The first-order valence-corrected chi connectivity index (χ1v) is 6.70. The van der Waals surface area contributed by atoms with Gasteiger partial charge in [-0.05, 0) is 30.9 Å². The van der Waals surface area contributed by atoms with Crippen LogP contribution in [0.3, 0.4) is 0 Å². The van der Waals surface area contributed by atoms with Crippen molar-refractivity contribution in [3.8, 4) is 0 Å². The Balaban J connectivity index is 1.99. The van der Waals surface area contributed by atoms with Crippen LogP contribution >= 0.6 is 0 Å². The SMILES string of the molecule is O=C(O)CC1CCC(OC(=O)c2ccccc2)C1CO. The smallest absolute Gasteiger partial charge is 0.338 e. The van der Waals surface area contributed by atoms with E-state index in [4.69, 9.17) is 9.84 Å². The number of rotatable bonds is 5. The number of aliphatic carboxylic acids is 1. The highest BCUT2D eigenvalue weighted by atomic mass is 16.5. The van der Waals surface area contributed by atoms with Crippen molar-refractivity contribution in [2.24, 2.45) is 11.8 Å². The van der Waals surface area contributed by atoms with Crippen LogP contribution in [0.1, 0.15) is 29.6 Å². The molecular weight excluding hydrogens is 260 g/mol. The second-order valence-corrected chi connectivity index (χ2v) is 5.09. The van der Waals surface area contributed by atoms with Crippen LogP contribution in [0.25, 0.3) is 0 Å². The summed E-state index contributed by atoms with van der Waals surface area (Å²) in [6.07, 6.45) is 0.855. The van der Waals surface area contributed by atoms with E-state index < -0.39 is 18.0 Å². The summed E-state index contributed by atoms with van der Waals surface area (Å²) in [6.45, 7) is -0.162. The number of carboxylic acids is 1. The molecule has 1 aromatic carbocycles. The highest BCUT2D eigenvalue weighted by Gasteiger charge is 2.39. The van der Waals surface area contributed by atoms with Crippen LogP contribution in [-0.2, 0) is 9.53 Å². The number of carbonyl (C=O) groups is 2. The molecule has 1 aliphatic rings. The molecule has 1 aliphatic carbocycles. The maximum atomic E-state index is 12.0. The second-order valence-electron chi connectivity index (χ2n) is 5.09. The van der Waals surface area contributed by atoms with Crippen molar-refractivity contribution < 1.29 is 24.5 Å². The van der Waals surface area contributed by atoms with Crippen molar-refractivity contribution >= 4 is 11.9 Å². The fourth-order valence-corrected chi connectivity index (χ4v) is 2.78. The van der Waals surface area contributed by atoms with E-state index in [1.54, 1.807) is 24.3 Å². The van der Waals surface area contributed by atoms with Crippen molar-refractivity contribution in [2.45, 2.75) is 25.4 Å². The average Bonchev–Trinajstić information content (AvgIpc) is 2.80. The summed E-state index contributed by atoms with van der Waals surface area (Å²) in [7, 11) is 0. The first kappa shape index (κ1) is 14.5. The van der Waals surface area contributed by atoms with Gasteiger partial charge in [-0.25, -0.2) is 4.79 Å². The highest BCUT2D eigenvalue weighted by Crippen LogP contribution is 2.36. The topological polar surface area (TPSA) is 83.8 Å². The van der Waals surface area contributed by atoms with Gasteiger partial charge in [0.25, 0.3) is 0 Å². The number of aliphatic hydroxyl groups is 1. The molecule has 0 heterocycles. The predicted octanol–water partition coefficient (Wildman–Crippen LogP) is 1.71. The molecule has 3 atom stereocenters. The number of ether oxygens (including phenoxy) is 1. The molecule has 1 aromatic rings. The van der Waals surface area contributed by atoms with Gasteiger partial charge in [0.2, 0.25) is 0 Å². The summed E-state index contributed by atoms with van der Waals surface area (Å²) in [6, 6.07) is 8.65. The first-order chi connectivity index (χ1) is 9.61. The van der Waals surface area contributed by atoms with E-state index in [1.165, 1.54) is 0 Å². The minimum absolute atomic E-state index is 0.00458. The minimum atomic E-state index is -0.886. The van der Waals surface area contributed by atoms with Gasteiger partial charge in [-0.15, -0.1) is 0 Å². The molecular formula is C15H18O5. The van der Waals surface area contributed by atoms with E-state index in [1.807, 2.05) is 6.07 Å². The lowest BCUT2D eigenvalue weighted by Gasteiger charge is -2.22. The Hall–Kier alpha value is -1.88. The standard InChI is InChI=1S/C15H18O5/c16-9-12-11(8-14(17)18)6-7-13(12)20-15(19)10-4-2-1-3-5-10/h1-5,11-13,16H,6-9H2,(H,17,18). The lowest BCUT2D eigenvalue weighted by Crippen LogP contribution is -2.29. The van der Waals surface area contributed by atoms with Gasteiger partial charge in [0.15, 0.2) is 0 Å². The number of hydrogen-bond acceptors (Lipinski definition) is 4. The van der Waals surface area contributed by atoms with Crippen molar-refractivity contribution in [1.82, 2.24) is 0 Å². The van der Waals surface area contributed by atoms with E-state index in [-0.39, 0.29) is 24.9 Å². The summed E-state index contributed by atoms with van der Waals surface area (Å²) in [5.41, 5.74) is 0.464. The van der Waals surface area contributed by atoms with E-state index >= 15 is 0 Å². The Bertz CT molecular complexity index is 470. The molecule has 2 rings (SSSR count). The molecule has 3 unspecified atom stereocenters. The summed E-state index contributed by atoms with van der Waals surface area (Å²) in [4.78, 5) is 22.7. The highest BCUT2D eigenvalue weighted by molar-refractivity contribution is 5.89. The van der Waals surface area contributed by atoms with Crippen molar-refractivity contribution in [2.75, 3.05) is 6.61 Å². The quantitative estimate of drug-likeness (QED) is 0.801. The van der Waals surface area contributed by atoms with Crippen LogP contribution in [0.2, 0.25) is 0 Å². The summed E-state index contributed by atoms with van der Waals surface area (Å²) in [5, 5.41) is 18.3. The van der Waals surface area contributed by atoms with Crippen molar-refractivity contribution in [1.29, 1.82) is 0 Å². The number of hydrogen-bond donors (Lipinski definition) is 2. The zero-order valence-corrected chi connectivity index (χ0v) is 11.1. The zero-order chi connectivity index (χ0) is 14.5. The Morgan fingerprint density at radius 3 is 2.50 bits per heavy atom. The van der Waals surface area contributed by atoms with Crippen LogP contribution < -0.4 is 0 Å². The molecule has 5 heteroatoms. The molecule has 5 nitrogen and oxygen atoms in total. The van der Waals surface area contributed by atoms with Gasteiger partial charge in [-0.1, -0.05) is 18.2 Å². The minimum Gasteiger partial charge on any atom is -0.481 e. The summed E-state index contributed by atoms with van der Waals surface area (Å²) in [5.74, 6) is -1.74. The molecule has 0 spiro atoms. The Morgan fingerprint density at radius 1 is 1.20 bits per heavy atom. The molecule has 2 N–H and O–H groups in total. The average molecular weight is 278 g/mol. The molecule has 1 fully saturated rings. The molecule has 0 radical (unpaired) electrons. The number of esters is 1. The van der Waals surface area contributed by atoms with Gasteiger partial charge >= 0.3 is 11.9 Å². The van der Waals surface area contributed by atoms with Crippen LogP contribution in [0, 0.1) is 11.8 Å². The van der Waals surface area contributed by atoms with Crippen molar-refractivity contribution in [3.05, 3.63) is 35.9 Å². The number of carboxylic acid groups (broad SMARTS) is 1.